The molecular formula is C17H15ClN4O2. The normalized spacial score (nSPS) is 10.6. The molecule has 24 heavy (non-hydrogen) atoms. The van der Waals surface area contributed by atoms with Crippen LogP contribution in [0.15, 0.2) is 42.7 Å². The highest BCUT2D eigenvalue weighted by molar-refractivity contribution is 6.29. The van der Waals surface area contributed by atoms with E-state index in [1.807, 2.05) is 19.9 Å². The maximum atomic E-state index is 12.1. The van der Waals surface area contributed by atoms with Crippen molar-refractivity contribution in [1.29, 1.82) is 0 Å². The summed E-state index contributed by atoms with van der Waals surface area (Å²) in [5.41, 5.74) is 3.03. The lowest BCUT2D eigenvalue weighted by Crippen LogP contribution is -2.08. The van der Waals surface area contributed by atoms with Gasteiger partial charge in [-0.25, -0.2) is 19.4 Å². The van der Waals surface area contributed by atoms with Crippen molar-refractivity contribution in [1.82, 2.24) is 19.7 Å². The summed E-state index contributed by atoms with van der Waals surface area (Å²) in [6, 6.07) is 8.77. The van der Waals surface area contributed by atoms with Gasteiger partial charge in [-0.15, -0.1) is 0 Å². The molecule has 0 aromatic carbocycles. The minimum atomic E-state index is -0.447. The number of halogens is 1. The fraction of sp³-hybridized carbons (Fsp3) is 0.176. The van der Waals surface area contributed by atoms with E-state index in [-0.39, 0.29) is 6.61 Å². The third kappa shape index (κ3) is 3.60. The van der Waals surface area contributed by atoms with Crippen LogP contribution in [0.3, 0.4) is 0 Å². The van der Waals surface area contributed by atoms with Crippen LogP contribution in [0, 0.1) is 13.8 Å². The van der Waals surface area contributed by atoms with Gasteiger partial charge >= 0.3 is 5.97 Å². The standard InChI is InChI=1S/C17H15ClN4O2/c1-11-7-12(2)22(21-11)16-6-4-14(9-20-16)17(23)24-10-13-3-5-15(18)19-8-13/h3-9H,10H2,1-2H3. The van der Waals surface area contributed by atoms with Crippen LogP contribution in [0.4, 0.5) is 0 Å². The Balaban J connectivity index is 1.67. The number of aromatic nitrogens is 4. The van der Waals surface area contributed by atoms with E-state index in [0.29, 0.717) is 16.5 Å². The maximum Gasteiger partial charge on any atom is 0.340 e. The minimum Gasteiger partial charge on any atom is -0.457 e. The number of pyridine rings is 2. The van der Waals surface area contributed by atoms with E-state index in [4.69, 9.17) is 16.3 Å². The zero-order valence-electron chi connectivity index (χ0n) is 13.2. The average Bonchev–Trinajstić information content (AvgIpc) is 2.92. The second-order valence-electron chi connectivity index (χ2n) is 5.31. The van der Waals surface area contributed by atoms with Gasteiger partial charge in [0, 0.05) is 23.7 Å². The molecule has 122 valence electrons. The highest BCUT2D eigenvalue weighted by Gasteiger charge is 2.10. The van der Waals surface area contributed by atoms with E-state index in [2.05, 4.69) is 15.1 Å². The highest BCUT2D eigenvalue weighted by Crippen LogP contribution is 2.12. The lowest BCUT2D eigenvalue weighted by Gasteiger charge is -2.06. The number of ether oxygens (including phenoxy) is 1. The van der Waals surface area contributed by atoms with Crippen LogP contribution in [0.25, 0.3) is 5.82 Å². The van der Waals surface area contributed by atoms with Gasteiger partial charge in [-0.05, 0) is 38.1 Å². The molecule has 0 fully saturated rings. The predicted molar refractivity (Wildman–Crippen MR) is 89.2 cm³/mol. The van der Waals surface area contributed by atoms with Crippen molar-refractivity contribution in [3.8, 4) is 5.82 Å². The molecule has 0 saturated heterocycles. The molecule has 3 heterocycles. The fourth-order valence-corrected chi connectivity index (χ4v) is 2.33. The first-order chi connectivity index (χ1) is 11.5. The van der Waals surface area contributed by atoms with Gasteiger partial charge in [0.25, 0.3) is 0 Å². The second kappa shape index (κ2) is 6.80. The largest absolute Gasteiger partial charge is 0.457 e. The molecule has 6 nitrogen and oxygen atoms in total. The van der Waals surface area contributed by atoms with Gasteiger partial charge in [0.05, 0.1) is 11.3 Å². The lowest BCUT2D eigenvalue weighted by atomic mass is 10.3. The molecule has 0 spiro atoms. The van der Waals surface area contributed by atoms with Crippen LogP contribution in [0.2, 0.25) is 5.15 Å². The van der Waals surface area contributed by atoms with Gasteiger partial charge in [0.15, 0.2) is 5.82 Å². The van der Waals surface area contributed by atoms with Crippen molar-refractivity contribution in [2.75, 3.05) is 0 Å². The molecular weight excluding hydrogens is 328 g/mol. The molecule has 3 aromatic heterocycles. The molecule has 0 aliphatic carbocycles. The lowest BCUT2D eigenvalue weighted by molar-refractivity contribution is 0.0472. The molecule has 0 radical (unpaired) electrons. The summed E-state index contributed by atoms with van der Waals surface area (Å²) in [4.78, 5) is 20.3. The zero-order valence-corrected chi connectivity index (χ0v) is 14.0. The van der Waals surface area contributed by atoms with Crippen LogP contribution < -0.4 is 0 Å². The molecule has 0 N–H and O–H groups in total. The highest BCUT2D eigenvalue weighted by atomic mass is 35.5. The van der Waals surface area contributed by atoms with E-state index in [1.54, 1.807) is 35.1 Å². The topological polar surface area (TPSA) is 69.9 Å². The smallest absolute Gasteiger partial charge is 0.340 e. The molecule has 0 unspecified atom stereocenters. The first kappa shape index (κ1) is 16.1. The summed E-state index contributed by atoms with van der Waals surface area (Å²) >= 11 is 5.71. The van der Waals surface area contributed by atoms with Crippen molar-refractivity contribution in [3.05, 3.63) is 70.4 Å². The number of carbonyl (C=O) groups excluding carboxylic acids is 1. The Morgan fingerprint density at radius 3 is 2.58 bits per heavy atom. The Labute approximate surface area is 144 Å². The summed E-state index contributed by atoms with van der Waals surface area (Å²) in [7, 11) is 0. The van der Waals surface area contributed by atoms with E-state index >= 15 is 0 Å². The van der Waals surface area contributed by atoms with E-state index in [9.17, 15) is 4.79 Å². The van der Waals surface area contributed by atoms with E-state index < -0.39 is 5.97 Å². The molecule has 3 aromatic rings. The number of hydrogen-bond acceptors (Lipinski definition) is 5. The van der Waals surface area contributed by atoms with Gasteiger partial charge < -0.3 is 4.74 Å². The summed E-state index contributed by atoms with van der Waals surface area (Å²) in [5.74, 6) is 0.205. The summed E-state index contributed by atoms with van der Waals surface area (Å²) < 4.78 is 6.97. The van der Waals surface area contributed by atoms with Gasteiger partial charge in [0.2, 0.25) is 0 Å². The van der Waals surface area contributed by atoms with Crippen LogP contribution in [0.1, 0.15) is 27.3 Å². The first-order valence-electron chi connectivity index (χ1n) is 7.30. The van der Waals surface area contributed by atoms with Gasteiger partial charge in [-0.3, -0.25) is 0 Å². The van der Waals surface area contributed by atoms with Crippen molar-refractivity contribution in [2.24, 2.45) is 0 Å². The van der Waals surface area contributed by atoms with Crippen LogP contribution >= 0.6 is 11.6 Å². The number of nitrogens with zero attached hydrogens (tertiary/aromatic N) is 4. The SMILES string of the molecule is Cc1cc(C)n(-c2ccc(C(=O)OCc3ccc(Cl)nc3)cn2)n1. The van der Waals surface area contributed by atoms with E-state index in [1.165, 1.54) is 6.20 Å². The van der Waals surface area contributed by atoms with Crippen molar-refractivity contribution in [3.63, 3.8) is 0 Å². The summed E-state index contributed by atoms with van der Waals surface area (Å²) in [6.45, 7) is 3.99. The minimum absolute atomic E-state index is 0.127. The van der Waals surface area contributed by atoms with Gasteiger partial charge in [-0.2, -0.15) is 5.10 Å². The van der Waals surface area contributed by atoms with Crippen molar-refractivity contribution >= 4 is 17.6 Å². The molecule has 0 aliphatic heterocycles. The molecule has 3 rings (SSSR count). The monoisotopic (exact) mass is 342 g/mol. The fourth-order valence-electron chi connectivity index (χ4n) is 2.22. The Hall–Kier alpha value is -2.73. The Bertz CT molecular complexity index is 857. The summed E-state index contributed by atoms with van der Waals surface area (Å²) in [6.07, 6.45) is 3.05. The number of hydrogen-bond donors (Lipinski definition) is 0. The Morgan fingerprint density at radius 1 is 1.17 bits per heavy atom. The molecule has 0 saturated carbocycles. The van der Waals surface area contributed by atoms with E-state index in [0.717, 1.165) is 17.0 Å². The number of esters is 1. The molecule has 0 amide bonds. The summed E-state index contributed by atoms with van der Waals surface area (Å²) in [5, 5.41) is 4.76. The van der Waals surface area contributed by atoms with Crippen LogP contribution in [-0.2, 0) is 11.3 Å². The first-order valence-corrected chi connectivity index (χ1v) is 7.68. The van der Waals surface area contributed by atoms with Gasteiger partial charge in [-0.1, -0.05) is 17.7 Å². The number of carbonyl (C=O) groups is 1. The predicted octanol–water partition coefficient (Wildman–Crippen LogP) is 3.29. The maximum absolute atomic E-state index is 12.1. The Kier molecular flexibility index (Phi) is 4.57. The third-order valence-electron chi connectivity index (χ3n) is 3.37. The Morgan fingerprint density at radius 2 is 2.00 bits per heavy atom. The molecule has 0 bridgehead atoms. The van der Waals surface area contributed by atoms with Crippen LogP contribution in [0.5, 0.6) is 0 Å². The average molecular weight is 343 g/mol. The second-order valence-corrected chi connectivity index (χ2v) is 5.70. The molecule has 0 atom stereocenters. The molecule has 0 aliphatic rings. The number of aryl methyl sites for hydroxylation is 2. The van der Waals surface area contributed by atoms with Crippen LogP contribution in [-0.4, -0.2) is 25.7 Å². The van der Waals surface area contributed by atoms with Crippen molar-refractivity contribution < 1.29 is 9.53 Å². The molecule has 7 heteroatoms. The van der Waals surface area contributed by atoms with Crippen molar-refractivity contribution in [2.45, 2.75) is 20.5 Å². The third-order valence-corrected chi connectivity index (χ3v) is 3.59. The van der Waals surface area contributed by atoms with Gasteiger partial charge in [0.1, 0.15) is 11.8 Å². The number of rotatable bonds is 4. The quantitative estimate of drug-likeness (QED) is 0.537. The zero-order chi connectivity index (χ0) is 17.1.